The van der Waals surface area contributed by atoms with Gasteiger partial charge in [0.2, 0.25) is 6.79 Å². The van der Waals surface area contributed by atoms with E-state index in [1.807, 2.05) is 6.92 Å². The molecule has 1 aromatic carbocycles. The van der Waals surface area contributed by atoms with Crippen LogP contribution in [-0.2, 0) is 0 Å². The molecule has 1 aliphatic heterocycles. The van der Waals surface area contributed by atoms with Crippen molar-refractivity contribution in [3.05, 3.63) is 22.7 Å². The first-order chi connectivity index (χ1) is 6.72. The first-order valence-corrected chi connectivity index (χ1v) is 4.59. The smallest absolute Gasteiger partial charge is 0.231 e. The van der Waals surface area contributed by atoms with Crippen LogP contribution in [0.4, 0.5) is 0 Å². The highest BCUT2D eigenvalue weighted by molar-refractivity contribution is 6.32. The van der Waals surface area contributed by atoms with Gasteiger partial charge in [-0.05, 0) is 24.6 Å². The Kier molecular flexibility index (Phi) is 2.22. The van der Waals surface area contributed by atoms with E-state index in [0.717, 1.165) is 5.56 Å². The number of benzene rings is 1. The zero-order valence-corrected chi connectivity index (χ0v) is 8.34. The number of nitriles is 1. The largest absolute Gasteiger partial charge is 0.454 e. The first kappa shape index (κ1) is 9.17. The summed E-state index contributed by atoms with van der Waals surface area (Å²) in [6, 6.07) is 5.68. The Bertz CT molecular complexity index is 411. The van der Waals surface area contributed by atoms with Gasteiger partial charge in [-0.25, -0.2) is 0 Å². The van der Waals surface area contributed by atoms with Crippen molar-refractivity contribution >= 4 is 11.6 Å². The average molecular weight is 210 g/mol. The van der Waals surface area contributed by atoms with E-state index in [0.29, 0.717) is 16.5 Å². The summed E-state index contributed by atoms with van der Waals surface area (Å²) < 4.78 is 10.4. The minimum atomic E-state index is -0.193. The molecule has 3 nitrogen and oxygen atoms in total. The molecule has 0 saturated heterocycles. The summed E-state index contributed by atoms with van der Waals surface area (Å²) >= 11 is 5.96. The van der Waals surface area contributed by atoms with Gasteiger partial charge in [-0.2, -0.15) is 5.26 Å². The summed E-state index contributed by atoms with van der Waals surface area (Å²) in [6.45, 7) is 2.01. The topological polar surface area (TPSA) is 42.2 Å². The molecule has 0 aromatic heterocycles. The molecule has 1 unspecified atom stereocenters. The predicted molar refractivity (Wildman–Crippen MR) is 51.6 cm³/mol. The van der Waals surface area contributed by atoms with Crippen LogP contribution in [0, 0.1) is 11.3 Å². The fourth-order valence-electron chi connectivity index (χ4n) is 1.31. The number of halogens is 1. The molecule has 0 aliphatic carbocycles. The molecule has 0 N–H and O–H groups in total. The Morgan fingerprint density at radius 3 is 3.00 bits per heavy atom. The SMILES string of the molecule is CC(C#N)c1cc(Cl)c2c(c1)OCO2. The maximum Gasteiger partial charge on any atom is 0.231 e. The Balaban J connectivity index is 2.48. The van der Waals surface area contributed by atoms with Gasteiger partial charge in [0.15, 0.2) is 11.5 Å². The maximum atomic E-state index is 8.76. The van der Waals surface area contributed by atoms with Gasteiger partial charge in [0.05, 0.1) is 17.0 Å². The Hall–Kier alpha value is -1.40. The van der Waals surface area contributed by atoms with Gasteiger partial charge in [-0.1, -0.05) is 11.6 Å². The van der Waals surface area contributed by atoms with Gasteiger partial charge in [0.25, 0.3) is 0 Å². The number of hydrogen-bond acceptors (Lipinski definition) is 3. The number of rotatable bonds is 1. The minimum Gasteiger partial charge on any atom is -0.454 e. The van der Waals surface area contributed by atoms with Crippen LogP contribution in [-0.4, -0.2) is 6.79 Å². The molecule has 0 amide bonds. The Labute approximate surface area is 86.8 Å². The van der Waals surface area contributed by atoms with Crippen molar-refractivity contribution in [2.24, 2.45) is 0 Å². The second-order valence-electron chi connectivity index (χ2n) is 3.09. The highest BCUT2D eigenvalue weighted by atomic mass is 35.5. The monoisotopic (exact) mass is 209 g/mol. The Morgan fingerprint density at radius 2 is 2.29 bits per heavy atom. The highest BCUT2D eigenvalue weighted by Crippen LogP contribution is 2.41. The molecular formula is C10H8ClNO2. The van der Waals surface area contributed by atoms with Crippen LogP contribution in [0.25, 0.3) is 0 Å². The van der Waals surface area contributed by atoms with E-state index in [1.165, 1.54) is 0 Å². The summed E-state index contributed by atoms with van der Waals surface area (Å²) in [5.41, 5.74) is 0.849. The molecule has 0 radical (unpaired) electrons. The molecule has 0 fully saturated rings. The van der Waals surface area contributed by atoms with Crippen LogP contribution in [0.15, 0.2) is 12.1 Å². The van der Waals surface area contributed by atoms with Gasteiger partial charge in [0.1, 0.15) is 0 Å². The van der Waals surface area contributed by atoms with E-state index < -0.39 is 0 Å². The number of hydrogen-bond donors (Lipinski definition) is 0. The maximum absolute atomic E-state index is 8.76. The number of fused-ring (bicyclic) bond motifs is 1. The predicted octanol–water partition coefficient (Wildman–Crippen LogP) is 2.70. The van der Waals surface area contributed by atoms with E-state index >= 15 is 0 Å². The van der Waals surface area contributed by atoms with Crippen molar-refractivity contribution in [1.82, 2.24) is 0 Å². The van der Waals surface area contributed by atoms with Gasteiger partial charge >= 0.3 is 0 Å². The normalized spacial score (nSPS) is 14.9. The minimum absolute atomic E-state index is 0.193. The van der Waals surface area contributed by atoms with Gasteiger partial charge in [0, 0.05) is 0 Å². The van der Waals surface area contributed by atoms with Crippen LogP contribution in [0.1, 0.15) is 18.4 Å². The summed E-state index contributed by atoms with van der Waals surface area (Å²) in [7, 11) is 0. The van der Waals surface area contributed by atoms with Crippen LogP contribution in [0.5, 0.6) is 11.5 Å². The van der Waals surface area contributed by atoms with Gasteiger partial charge in [-0.3, -0.25) is 0 Å². The fraction of sp³-hybridized carbons (Fsp3) is 0.300. The summed E-state index contributed by atoms with van der Waals surface area (Å²) in [4.78, 5) is 0. The molecule has 1 aromatic rings. The summed E-state index contributed by atoms with van der Waals surface area (Å²) in [6.07, 6.45) is 0. The molecule has 1 heterocycles. The molecular weight excluding hydrogens is 202 g/mol. The lowest BCUT2D eigenvalue weighted by molar-refractivity contribution is 0.174. The van der Waals surface area contributed by atoms with Crippen LogP contribution >= 0.6 is 11.6 Å². The van der Waals surface area contributed by atoms with Gasteiger partial charge in [-0.15, -0.1) is 0 Å². The lowest BCUT2D eigenvalue weighted by atomic mass is 10.0. The van der Waals surface area contributed by atoms with Crippen molar-refractivity contribution < 1.29 is 9.47 Å². The van der Waals surface area contributed by atoms with Crippen molar-refractivity contribution in [2.75, 3.05) is 6.79 Å². The summed E-state index contributed by atoms with van der Waals surface area (Å²) in [5, 5.41) is 9.26. The molecule has 0 bridgehead atoms. The van der Waals surface area contributed by atoms with E-state index in [-0.39, 0.29) is 12.7 Å². The number of nitrogens with zero attached hydrogens (tertiary/aromatic N) is 1. The fourth-order valence-corrected chi connectivity index (χ4v) is 1.59. The Morgan fingerprint density at radius 1 is 1.50 bits per heavy atom. The second kappa shape index (κ2) is 3.39. The van der Waals surface area contributed by atoms with Crippen LogP contribution in [0.3, 0.4) is 0 Å². The molecule has 0 spiro atoms. The zero-order valence-electron chi connectivity index (χ0n) is 7.58. The van der Waals surface area contributed by atoms with Crippen molar-refractivity contribution in [3.63, 3.8) is 0 Å². The zero-order chi connectivity index (χ0) is 10.1. The van der Waals surface area contributed by atoms with Crippen LogP contribution in [0.2, 0.25) is 5.02 Å². The number of ether oxygens (including phenoxy) is 2. The van der Waals surface area contributed by atoms with Crippen molar-refractivity contribution in [3.8, 4) is 17.6 Å². The van der Waals surface area contributed by atoms with Crippen molar-refractivity contribution in [1.29, 1.82) is 5.26 Å². The van der Waals surface area contributed by atoms with E-state index in [9.17, 15) is 0 Å². The van der Waals surface area contributed by atoms with E-state index in [2.05, 4.69) is 6.07 Å². The van der Waals surface area contributed by atoms with Crippen LogP contribution < -0.4 is 9.47 Å². The molecule has 0 saturated carbocycles. The third-order valence-corrected chi connectivity index (χ3v) is 2.42. The third kappa shape index (κ3) is 1.38. The quantitative estimate of drug-likeness (QED) is 0.714. The molecule has 14 heavy (non-hydrogen) atoms. The highest BCUT2D eigenvalue weighted by Gasteiger charge is 2.19. The second-order valence-corrected chi connectivity index (χ2v) is 3.49. The van der Waals surface area contributed by atoms with Gasteiger partial charge < -0.3 is 9.47 Å². The molecule has 1 atom stereocenters. The first-order valence-electron chi connectivity index (χ1n) is 4.21. The van der Waals surface area contributed by atoms with Crippen molar-refractivity contribution in [2.45, 2.75) is 12.8 Å². The lowest BCUT2D eigenvalue weighted by Crippen LogP contribution is -1.93. The third-order valence-electron chi connectivity index (χ3n) is 2.14. The molecule has 4 heteroatoms. The lowest BCUT2D eigenvalue weighted by Gasteiger charge is -2.05. The standard InChI is InChI=1S/C10H8ClNO2/c1-6(4-12)7-2-8(11)10-9(3-7)13-5-14-10/h2-3,6H,5H2,1H3. The summed E-state index contributed by atoms with van der Waals surface area (Å²) in [5.74, 6) is 0.997. The average Bonchev–Trinajstić information content (AvgIpc) is 2.64. The molecule has 1 aliphatic rings. The molecule has 2 rings (SSSR count). The van der Waals surface area contributed by atoms with E-state index in [1.54, 1.807) is 12.1 Å². The molecule has 72 valence electrons. The van der Waals surface area contributed by atoms with E-state index in [4.69, 9.17) is 26.3 Å².